The van der Waals surface area contributed by atoms with Gasteiger partial charge in [-0.15, -0.1) is 0 Å². The third kappa shape index (κ3) is 3.73. The van der Waals surface area contributed by atoms with E-state index < -0.39 is 5.82 Å². The molecule has 1 amide bonds. The van der Waals surface area contributed by atoms with Crippen molar-refractivity contribution in [3.05, 3.63) is 65.1 Å². The first kappa shape index (κ1) is 18.1. The first-order valence-corrected chi connectivity index (χ1v) is 10.1. The number of thioether (sulfide) groups is 1. The predicted octanol–water partition coefficient (Wildman–Crippen LogP) is 4.96. The number of pyridine rings is 1. The smallest absolute Gasteiger partial charge is 0.257 e. The van der Waals surface area contributed by atoms with Crippen molar-refractivity contribution in [2.45, 2.75) is 0 Å². The van der Waals surface area contributed by atoms with Crippen LogP contribution in [0.5, 0.6) is 0 Å². The number of rotatable bonds is 3. The van der Waals surface area contributed by atoms with Crippen LogP contribution in [0.3, 0.4) is 0 Å². The molecule has 4 rings (SSSR count). The van der Waals surface area contributed by atoms with Gasteiger partial charge < -0.3 is 10.2 Å². The van der Waals surface area contributed by atoms with Gasteiger partial charge in [-0.1, -0.05) is 29.8 Å². The zero-order valence-corrected chi connectivity index (χ0v) is 16.0. The van der Waals surface area contributed by atoms with Crippen molar-refractivity contribution in [2.24, 2.45) is 0 Å². The summed E-state index contributed by atoms with van der Waals surface area (Å²) in [6, 6.07) is 12.0. The fourth-order valence-electron chi connectivity index (χ4n) is 3.09. The summed E-state index contributed by atoms with van der Waals surface area (Å²) in [4.78, 5) is 19.4. The van der Waals surface area contributed by atoms with E-state index in [2.05, 4.69) is 10.3 Å². The molecular weight excluding hydrogens is 385 g/mol. The van der Waals surface area contributed by atoms with Gasteiger partial charge in [-0.2, -0.15) is 11.8 Å². The summed E-state index contributed by atoms with van der Waals surface area (Å²) < 4.78 is 13.5. The molecule has 2 heterocycles. The predicted molar refractivity (Wildman–Crippen MR) is 110 cm³/mol. The lowest BCUT2D eigenvalue weighted by molar-refractivity contribution is 0.0773. The molecule has 0 bridgehead atoms. The maximum atomic E-state index is 13.5. The SMILES string of the molecule is O=C(c1cnc2ccccc2c1Nc1ccc(F)c(Cl)c1)N1CCSCC1. The maximum absolute atomic E-state index is 13.5. The molecule has 2 aromatic carbocycles. The first-order valence-electron chi connectivity index (χ1n) is 8.60. The summed E-state index contributed by atoms with van der Waals surface area (Å²) in [6.07, 6.45) is 1.61. The zero-order chi connectivity index (χ0) is 18.8. The number of hydrogen-bond acceptors (Lipinski definition) is 4. The van der Waals surface area contributed by atoms with Gasteiger partial charge in [0.25, 0.3) is 5.91 Å². The molecule has 0 spiro atoms. The lowest BCUT2D eigenvalue weighted by Crippen LogP contribution is -2.38. The number of nitrogens with zero attached hydrogens (tertiary/aromatic N) is 2. The molecule has 0 aliphatic carbocycles. The Balaban J connectivity index is 1.79. The quantitative estimate of drug-likeness (QED) is 0.673. The van der Waals surface area contributed by atoms with E-state index in [1.165, 1.54) is 12.1 Å². The second-order valence-electron chi connectivity index (χ2n) is 6.22. The van der Waals surface area contributed by atoms with Crippen LogP contribution in [0, 0.1) is 5.82 Å². The summed E-state index contributed by atoms with van der Waals surface area (Å²) in [5, 5.41) is 4.12. The van der Waals surface area contributed by atoms with E-state index in [1.807, 2.05) is 40.9 Å². The van der Waals surface area contributed by atoms with E-state index in [4.69, 9.17) is 11.6 Å². The van der Waals surface area contributed by atoms with Crippen molar-refractivity contribution in [3.63, 3.8) is 0 Å². The number of benzene rings is 2. The Labute approximate surface area is 165 Å². The van der Waals surface area contributed by atoms with Crippen molar-refractivity contribution >= 4 is 51.5 Å². The molecule has 0 atom stereocenters. The number of aromatic nitrogens is 1. The Morgan fingerprint density at radius 1 is 1.19 bits per heavy atom. The lowest BCUT2D eigenvalue weighted by atomic mass is 10.1. The molecule has 1 fully saturated rings. The van der Waals surface area contributed by atoms with Crippen LogP contribution in [0.4, 0.5) is 15.8 Å². The van der Waals surface area contributed by atoms with Crippen LogP contribution >= 0.6 is 23.4 Å². The highest BCUT2D eigenvalue weighted by Gasteiger charge is 2.23. The Bertz CT molecular complexity index is 1010. The van der Waals surface area contributed by atoms with E-state index in [0.29, 0.717) is 16.9 Å². The number of hydrogen-bond donors (Lipinski definition) is 1. The number of nitrogens with one attached hydrogen (secondary N) is 1. The van der Waals surface area contributed by atoms with Crippen LogP contribution in [-0.4, -0.2) is 40.4 Å². The summed E-state index contributed by atoms with van der Waals surface area (Å²) >= 11 is 7.77. The highest BCUT2D eigenvalue weighted by atomic mass is 35.5. The second kappa shape index (κ2) is 7.74. The van der Waals surface area contributed by atoms with Gasteiger partial charge in [0.2, 0.25) is 0 Å². The normalized spacial score (nSPS) is 14.4. The molecule has 0 radical (unpaired) electrons. The van der Waals surface area contributed by atoms with Gasteiger partial charge in [0.05, 0.1) is 21.8 Å². The van der Waals surface area contributed by atoms with Crippen LogP contribution < -0.4 is 5.32 Å². The maximum Gasteiger partial charge on any atom is 0.257 e. The van der Waals surface area contributed by atoms with Gasteiger partial charge in [0.1, 0.15) is 5.82 Å². The van der Waals surface area contributed by atoms with Crippen LogP contribution in [0.15, 0.2) is 48.7 Å². The molecule has 1 aliphatic rings. The van der Waals surface area contributed by atoms with Crippen LogP contribution in [0.1, 0.15) is 10.4 Å². The van der Waals surface area contributed by atoms with Crippen molar-refractivity contribution in [1.29, 1.82) is 0 Å². The van der Waals surface area contributed by atoms with Crippen LogP contribution in [0.2, 0.25) is 5.02 Å². The summed E-state index contributed by atoms with van der Waals surface area (Å²) in [7, 11) is 0. The summed E-state index contributed by atoms with van der Waals surface area (Å²) in [5.41, 5.74) is 2.55. The molecule has 138 valence electrons. The number of halogens is 2. The fourth-order valence-corrected chi connectivity index (χ4v) is 4.18. The van der Waals surface area contributed by atoms with Gasteiger partial charge in [0, 0.05) is 41.9 Å². The minimum atomic E-state index is -0.482. The molecule has 0 saturated carbocycles. The molecule has 7 heteroatoms. The average molecular weight is 402 g/mol. The molecule has 3 aromatic rings. The molecule has 27 heavy (non-hydrogen) atoms. The van der Waals surface area contributed by atoms with E-state index in [1.54, 1.807) is 12.3 Å². The Morgan fingerprint density at radius 2 is 1.96 bits per heavy atom. The van der Waals surface area contributed by atoms with Crippen molar-refractivity contribution in [1.82, 2.24) is 9.88 Å². The summed E-state index contributed by atoms with van der Waals surface area (Å²) in [6.45, 7) is 1.44. The number of para-hydroxylation sites is 1. The number of anilines is 2. The van der Waals surface area contributed by atoms with Gasteiger partial charge in [0.15, 0.2) is 0 Å². The van der Waals surface area contributed by atoms with E-state index in [9.17, 15) is 9.18 Å². The fraction of sp³-hybridized carbons (Fsp3) is 0.200. The van der Waals surface area contributed by atoms with E-state index >= 15 is 0 Å². The van der Waals surface area contributed by atoms with Gasteiger partial charge >= 0.3 is 0 Å². The van der Waals surface area contributed by atoms with E-state index in [0.717, 1.165) is 35.5 Å². The lowest BCUT2D eigenvalue weighted by Gasteiger charge is -2.27. The van der Waals surface area contributed by atoms with Crippen LogP contribution in [-0.2, 0) is 0 Å². The largest absolute Gasteiger partial charge is 0.354 e. The number of amides is 1. The van der Waals surface area contributed by atoms with E-state index in [-0.39, 0.29) is 10.9 Å². The molecule has 1 saturated heterocycles. The molecule has 1 N–H and O–H groups in total. The van der Waals surface area contributed by atoms with Gasteiger partial charge in [-0.05, 0) is 24.3 Å². The third-order valence-corrected chi connectivity index (χ3v) is 5.73. The minimum Gasteiger partial charge on any atom is -0.354 e. The molecule has 4 nitrogen and oxygen atoms in total. The molecule has 1 aromatic heterocycles. The third-order valence-electron chi connectivity index (χ3n) is 4.49. The second-order valence-corrected chi connectivity index (χ2v) is 7.85. The zero-order valence-electron chi connectivity index (χ0n) is 14.4. The molecular formula is C20H17ClFN3OS. The standard InChI is InChI=1S/C20H17ClFN3OS/c21-16-11-13(5-6-17(16)22)24-19-14-3-1-2-4-18(14)23-12-15(19)20(26)25-7-9-27-10-8-25/h1-6,11-12H,7-10H2,(H,23,24). The highest BCUT2D eigenvalue weighted by molar-refractivity contribution is 7.99. The number of fused-ring (bicyclic) bond motifs is 1. The van der Waals surface area contributed by atoms with Gasteiger partial charge in [-0.25, -0.2) is 4.39 Å². The monoisotopic (exact) mass is 401 g/mol. The average Bonchev–Trinajstić information content (AvgIpc) is 2.71. The first-order chi connectivity index (χ1) is 13.1. The number of carbonyl (C=O) groups excluding carboxylic acids is 1. The Hall–Kier alpha value is -2.31. The molecule has 0 unspecified atom stereocenters. The number of carbonyl (C=O) groups is 1. The topological polar surface area (TPSA) is 45.2 Å². The Kier molecular flexibility index (Phi) is 5.18. The highest BCUT2D eigenvalue weighted by Crippen LogP contribution is 2.31. The van der Waals surface area contributed by atoms with Crippen molar-refractivity contribution < 1.29 is 9.18 Å². The minimum absolute atomic E-state index is 0.0271. The van der Waals surface area contributed by atoms with Crippen LogP contribution in [0.25, 0.3) is 10.9 Å². The molecule has 1 aliphatic heterocycles. The van der Waals surface area contributed by atoms with Crippen molar-refractivity contribution in [3.8, 4) is 0 Å². The van der Waals surface area contributed by atoms with Gasteiger partial charge in [-0.3, -0.25) is 9.78 Å². The Morgan fingerprint density at radius 3 is 2.74 bits per heavy atom. The van der Waals surface area contributed by atoms with Crippen molar-refractivity contribution in [2.75, 3.05) is 29.9 Å². The summed E-state index contributed by atoms with van der Waals surface area (Å²) in [5.74, 6) is 1.33.